The lowest BCUT2D eigenvalue weighted by Crippen LogP contribution is -2.12. The second-order valence-electron chi connectivity index (χ2n) is 7.47. The Balaban J connectivity index is 1.19. The van der Waals surface area contributed by atoms with Gasteiger partial charge in [0.2, 0.25) is 5.91 Å². The van der Waals surface area contributed by atoms with E-state index < -0.39 is 0 Å². The number of aromatic amines is 1. The summed E-state index contributed by atoms with van der Waals surface area (Å²) in [5.41, 5.74) is 3.01. The zero-order valence-electron chi connectivity index (χ0n) is 19.4. The topological polar surface area (TPSA) is 115 Å². The molecular formula is C25H22N4O5S2. The molecule has 184 valence electrons. The van der Waals surface area contributed by atoms with E-state index in [1.165, 1.54) is 23.1 Å². The molecule has 4 heterocycles. The van der Waals surface area contributed by atoms with Crippen molar-refractivity contribution < 1.29 is 23.1 Å². The molecule has 2 N–H and O–H groups in total. The molecule has 0 saturated heterocycles. The van der Waals surface area contributed by atoms with E-state index in [9.17, 15) is 4.79 Å². The summed E-state index contributed by atoms with van der Waals surface area (Å²) in [6.45, 7) is 0. The molecule has 1 amide bonds. The van der Waals surface area contributed by atoms with E-state index in [1.807, 2.05) is 47.8 Å². The minimum atomic E-state index is -0.125. The van der Waals surface area contributed by atoms with Crippen molar-refractivity contribution in [2.75, 3.05) is 25.3 Å². The van der Waals surface area contributed by atoms with Crippen molar-refractivity contribution in [3.63, 3.8) is 0 Å². The van der Waals surface area contributed by atoms with Crippen LogP contribution in [0.5, 0.6) is 11.5 Å². The van der Waals surface area contributed by atoms with Crippen LogP contribution in [0.2, 0.25) is 0 Å². The normalized spacial score (nSPS) is 10.9. The van der Waals surface area contributed by atoms with Crippen LogP contribution < -0.4 is 14.8 Å². The molecule has 0 bridgehead atoms. The van der Waals surface area contributed by atoms with Crippen molar-refractivity contribution in [1.29, 1.82) is 0 Å². The van der Waals surface area contributed by atoms with E-state index in [2.05, 4.69) is 20.3 Å². The van der Waals surface area contributed by atoms with Gasteiger partial charge in [-0.3, -0.25) is 4.79 Å². The molecule has 36 heavy (non-hydrogen) atoms. The van der Waals surface area contributed by atoms with E-state index in [0.717, 1.165) is 17.0 Å². The first kappa shape index (κ1) is 23.8. The molecule has 0 fully saturated rings. The van der Waals surface area contributed by atoms with Crippen LogP contribution in [-0.4, -0.2) is 40.8 Å². The van der Waals surface area contributed by atoms with Gasteiger partial charge in [-0.25, -0.2) is 9.97 Å². The van der Waals surface area contributed by atoms with Crippen LogP contribution in [0.3, 0.4) is 0 Å². The quantitative estimate of drug-likeness (QED) is 0.209. The number of hydrogen-bond acceptors (Lipinski definition) is 9. The summed E-state index contributed by atoms with van der Waals surface area (Å²) < 4.78 is 21.7. The Morgan fingerprint density at radius 3 is 2.56 bits per heavy atom. The molecule has 11 heteroatoms. The third kappa shape index (κ3) is 5.16. The van der Waals surface area contributed by atoms with Gasteiger partial charge in [0.05, 0.1) is 32.4 Å². The Morgan fingerprint density at radius 2 is 1.83 bits per heavy atom. The molecule has 9 nitrogen and oxygen atoms in total. The summed E-state index contributed by atoms with van der Waals surface area (Å²) in [6, 6.07) is 12.9. The van der Waals surface area contributed by atoms with Gasteiger partial charge in [-0.2, -0.15) is 0 Å². The predicted octanol–water partition coefficient (Wildman–Crippen LogP) is 6.19. The maximum Gasteiger partial charge on any atom is 0.226 e. The molecule has 0 aliphatic carbocycles. The number of ether oxygens (including phenoxy) is 2. The number of anilines is 1. The van der Waals surface area contributed by atoms with E-state index in [1.54, 1.807) is 26.7 Å². The van der Waals surface area contributed by atoms with E-state index in [-0.39, 0.29) is 5.91 Å². The summed E-state index contributed by atoms with van der Waals surface area (Å²) in [7, 11) is 3.18. The molecule has 0 aliphatic rings. The second-order valence-corrected chi connectivity index (χ2v) is 9.42. The number of nitrogens with one attached hydrogen (secondary N) is 2. The summed E-state index contributed by atoms with van der Waals surface area (Å²) in [5, 5.41) is 5.97. The highest BCUT2D eigenvalue weighted by Crippen LogP contribution is 2.35. The first-order valence-electron chi connectivity index (χ1n) is 10.9. The van der Waals surface area contributed by atoms with Crippen molar-refractivity contribution in [2.45, 2.75) is 11.6 Å². The summed E-state index contributed by atoms with van der Waals surface area (Å²) >= 11 is 2.81. The standard InChI is InChI=1S/C25H22N4O5S2/c1-31-17-8-7-15(13-20(17)32-2)16-14-36-24(26-16)27-21(30)9-12-35-25-28-22(18-5-3-10-33-18)23(29-25)19-6-4-11-34-19/h3-8,10-11,13-14H,9,12H2,1-2H3,(H,28,29)(H,26,27,30). The van der Waals surface area contributed by atoms with E-state index in [0.29, 0.717) is 51.2 Å². The lowest BCUT2D eigenvalue weighted by atomic mass is 10.1. The van der Waals surface area contributed by atoms with Gasteiger partial charge in [-0.05, 0) is 42.5 Å². The van der Waals surface area contributed by atoms with Crippen LogP contribution in [0.15, 0.2) is 74.4 Å². The molecule has 5 aromatic rings. The lowest BCUT2D eigenvalue weighted by molar-refractivity contribution is -0.115. The third-order valence-electron chi connectivity index (χ3n) is 5.20. The fraction of sp³-hybridized carbons (Fsp3) is 0.160. The van der Waals surface area contributed by atoms with Crippen molar-refractivity contribution in [3.05, 3.63) is 60.4 Å². The largest absolute Gasteiger partial charge is 0.493 e. The van der Waals surface area contributed by atoms with E-state index >= 15 is 0 Å². The Kier molecular flexibility index (Phi) is 7.10. The Labute approximate surface area is 214 Å². The number of carbonyl (C=O) groups excluding carboxylic acids is 1. The number of thiazole rings is 1. The zero-order valence-corrected chi connectivity index (χ0v) is 21.1. The SMILES string of the molecule is COc1ccc(-c2csc(NC(=O)CCSc3nc(-c4ccco4)c(-c4ccco4)[nH]3)n2)cc1OC. The predicted molar refractivity (Wildman–Crippen MR) is 139 cm³/mol. The molecule has 0 atom stereocenters. The van der Waals surface area contributed by atoms with Crippen LogP contribution in [0.1, 0.15) is 6.42 Å². The van der Waals surface area contributed by atoms with Gasteiger partial charge in [0.15, 0.2) is 33.3 Å². The molecule has 0 unspecified atom stereocenters. The number of amides is 1. The number of aromatic nitrogens is 3. The summed E-state index contributed by atoms with van der Waals surface area (Å²) in [4.78, 5) is 25.0. The number of rotatable bonds is 10. The number of thioether (sulfide) groups is 1. The minimum absolute atomic E-state index is 0.125. The number of furan rings is 2. The number of imidazole rings is 1. The van der Waals surface area contributed by atoms with Gasteiger partial charge in [-0.15, -0.1) is 11.3 Å². The van der Waals surface area contributed by atoms with Crippen LogP contribution in [0.25, 0.3) is 34.2 Å². The van der Waals surface area contributed by atoms with Crippen LogP contribution in [0.4, 0.5) is 5.13 Å². The Hall–Kier alpha value is -3.96. The van der Waals surface area contributed by atoms with Crippen LogP contribution >= 0.6 is 23.1 Å². The Morgan fingerprint density at radius 1 is 1.06 bits per heavy atom. The third-order valence-corrected chi connectivity index (χ3v) is 6.83. The number of benzene rings is 1. The number of H-pyrrole nitrogens is 1. The average Bonchev–Trinajstić information content (AvgIpc) is 3.70. The number of nitrogens with zero attached hydrogens (tertiary/aromatic N) is 2. The highest BCUT2D eigenvalue weighted by molar-refractivity contribution is 7.99. The van der Waals surface area contributed by atoms with Gasteiger partial charge in [-0.1, -0.05) is 11.8 Å². The molecule has 0 saturated carbocycles. The van der Waals surface area contributed by atoms with Gasteiger partial charge < -0.3 is 28.6 Å². The van der Waals surface area contributed by atoms with Crippen molar-refractivity contribution in [3.8, 4) is 45.7 Å². The smallest absolute Gasteiger partial charge is 0.226 e. The average molecular weight is 523 g/mol. The monoisotopic (exact) mass is 522 g/mol. The molecule has 0 spiro atoms. The zero-order chi connectivity index (χ0) is 24.9. The molecule has 4 aromatic heterocycles. The first-order valence-corrected chi connectivity index (χ1v) is 12.8. The number of methoxy groups -OCH3 is 2. The molecular weight excluding hydrogens is 500 g/mol. The lowest BCUT2D eigenvalue weighted by Gasteiger charge is -2.08. The molecule has 5 rings (SSSR count). The van der Waals surface area contributed by atoms with Gasteiger partial charge in [0, 0.05) is 23.1 Å². The van der Waals surface area contributed by atoms with Gasteiger partial charge in [0.25, 0.3) is 0 Å². The highest BCUT2D eigenvalue weighted by Gasteiger charge is 2.19. The summed E-state index contributed by atoms with van der Waals surface area (Å²) in [6.07, 6.45) is 3.50. The van der Waals surface area contributed by atoms with Gasteiger partial charge in [0.1, 0.15) is 11.4 Å². The molecule has 0 aliphatic heterocycles. The van der Waals surface area contributed by atoms with Crippen LogP contribution in [0, 0.1) is 0 Å². The van der Waals surface area contributed by atoms with E-state index in [4.69, 9.17) is 18.3 Å². The highest BCUT2D eigenvalue weighted by atomic mass is 32.2. The van der Waals surface area contributed by atoms with Gasteiger partial charge >= 0.3 is 0 Å². The molecule has 0 radical (unpaired) electrons. The Bertz CT molecular complexity index is 1390. The maximum absolute atomic E-state index is 12.5. The van der Waals surface area contributed by atoms with Crippen LogP contribution in [-0.2, 0) is 4.79 Å². The number of hydrogen-bond donors (Lipinski definition) is 2. The van der Waals surface area contributed by atoms with Crippen molar-refractivity contribution in [2.24, 2.45) is 0 Å². The fourth-order valence-electron chi connectivity index (χ4n) is 3.49. The summed E-state index contributed by atoms with van der Waals surface area (Å²) in [5.74, 6) is 2.96. The molecule has 1 aromatic carbocycles. The first-order chi connectivity index (χ1) is 17.6. The minimum Gasteiger partial charge on any atom is -0.493 e. The van der Waals surface area contributed by atoms with Crippen molar-refractivity contribution in [1.82, 2.24) is 15.0 Å². The number of carbonyl (C=O) groups is 1. The maximum atomic E-state index is 12.5. The second kappa shape index (κ2) is 10.8. The fourth-order valence-corrected chi connectivity index (χ4v) is 5.04. The van der Waals surface area contributed by atoms with Crippen molar-refractivity contribution >= 4 is 34.1 Å².